The van der Waals surface area contributed by atoms with Gasteiger partial charge in [0.25, 0.3) is 0 Å². The lowest BCUT2D eigenvalue weighted by molar-refractivity contribution is -0.482. The van der Waals surface area contributed by atoms with Crippen molar-refractivity contribution in [3.63, 3.8) is 0 Å². The normalized spacial score (nSPS) is 7.50. The number of hydrogen-bond acceptors (Lipinski definition) is 4. The molecule has 0 spiro atoms. The predicted octanol–water partition coefficient (Wildman–Crippen LogP) is 0.379. The predicted molar refractivity (Wildman–Crippen MR) is 29.0 cm³/mol. The highest BCUT2D eigenvalue weighted by molar-refractivity contribution is 4.32. The first-order valence-electron chi connectivity index (χ1n) is 2.08. The Bertz CT molecular complexity index is 56.8. The maximum Gasteiger partial charge on any atom is -0.00179 e. The highest BCUT2D eigenvalue weighted by Crippen LogP contribution is 1.58. The molecule has 8 heavy (non-hydrogen) atoms. The molecule has 0 heterocycles. The largest absolute Gasteiger partial charge is 0.588 e. The Labute approximate surface area is 47.8 Å². The monoisotopic (exact) mass is 120 g/mol. The minimum absolute atomic E-state index is 0.333. The molecule has 0 aliphatic rings. The SMILES string of the molecule is CC(C)N.N=[N+]([O-])[O-]. The Morgan fingerprint density at radius 1 is 1.50 bits per heavy atom. The van der Waals surface area contributed by atoms with Gasteiger partial charge in [-0.25, -0.2) is 0 Å². The maximum absolute atomic E-state index is 8.47. The fraction of sp³-hybridized carbons (Fsp3) is 1.00. The highest BCUT2D eigenvalue weighted by Gasteiger charge is 1.67. The molecule has 0 saturated heterocycles. The van der Waals surface area contributed by atoms with Gasteiger partial charge in [-0.3, -0.25) is 0 Å². The fourth-order valence-electron chi connectivity index (χ4n) is 0. The molecule has 0 aliphatic heterocycles. The van der Waals surface area contributed by atoms with E-state index in [1.165, 1.54) is 0 Å². The Morgan fingerprint density at radius 3 is 1.50 bits per heavy atom. The summed E-state index contributed by atoms with van der Waals surface area (Å²) in [5.74, 6) is 0. The lowest BCUT2D eigenvalue weighted by Gasteiger charge is -1.88. The summed E-state index contributed by atoms with van der Waals surface area (Å²) in [6.07, 6.45) is 0. The first-order chi connectivity index (χ1) is 3.46. The van der Waals surface area contributed by atoms with Crippen LogP contribution in [-0.2, 0) is 0 Å². The molecular weight excluding hydrogens is 110 g/mol. The van der Waals surface area contributed by atoms with Gasteiger partial charge in [0, 0.05) is 0 Å². The Morgan fingerprint density at radius 2 is 1.50 bits per heavy atom. The third-order valence-corrected chi connectivity index (χ3v) is 0. The zero-order valence-electron chi connectivity index (χ0n) is 4.92. The van der Waals surface area contributed by atoms with Crippen molar-refractivity contribution in [1.29, 1.82) is 5.53 Å². The summed E-state index contributed by atoms with van der Waals surface area (Å²) in [5, 5.41) is 15.7. The van der Waals surface area contributed by atoms with E-state index in [1.54, 1.807) is 0 Å². The van der Waals surface area contributed by atoms with Crippen LogP contribution in [0.3, 0.4) is 0 Å². The molecule has 0 aromatic rings. The Hall–Kier alpha value is -0.840. The molecule has 0 radical (unpaired) electrons. The maximum atomic E-state index is 8.47. The van der Waals surface area contributed by atoms with E-state index in [0.717, 1.165) is 0 Å². The fourth-order valence-corrected chi connectivity index (χ4v) is 0. The van der Waals surface area contributed by atoms with Gasteiger partial charge in [-0.15, -0.1) is 0 Å². The summed E-state index contributed by atoms with van der Waals surface area (Å²) >= 11 is 0. The van der Waals surface area contributed by atoms with Crippen molar-refractivity contribution in [2.45, 2.75) is 19.9 Å². The van der Waals surface area contributed by atoms with Crippen LogP contribution in [0, 0.1) is 15.9 Å². The van der Waals surface area contributed by atoms with E-state index in [-0.39, 0.29) is 0 Å². The highest BCUT2D eigenvalue weighted by atomic mass is 16.8. The van der Waals surface area contributed by atoms with Gasteiger partial charge in [0.1, 0.15) is 0 Å². The van der Waals surface area contributed by atoms with Gasteiger partial charge in [-0.1, -0.05) is 18.9 Å². The third-order valence-electron chi connectivity index (χ3n) is 0. The van der Waals surface area contributed by atoms with Gasteiger partial charge in [0.2, 0.25) is 0 Å². The average Bonchev–Trinajstić information content (AvgIpc) is 1.25. The van der Waals surface area contributed by atoms with Crippen molar-refractivity contribution in [2.75, 3.05) is 0 Å². The van der Waals surface area contributed by atoms with Gasteiger partial charge < -0.3 is 16.1 Å². The van der Waals surface area contributed by atoms with E-state index in [1.807, 2.05) is 13.8 Å². The van der Waals surface area contributed by atoms with Crippen molar-refractivity contribution in [2.24, 2.45) is 5.73 Å². The summed E-state index contributed by atoms with van der Waals surface area (Å²) in [6.45, 7) is 3.89. The second-order valence-electron chi connectivity index (χ2n) is 1.50. The van der Waals surface area contributed by atoms with Crippen LogP contribution in [0.5, 0.6) is 0 Å². The molecule has 0 bridgehead atoms. The molecule has 0 aliphatic carbocycles. The summed E-state index contributed by atoms with van der Waals surface area (Å²) in [4.78, 5) is 0. The first kappa shape index (κ1) is 10.2. The second-order valence-corrected chi connectivity index (χ2v) is 1.50. The summed E-state index contributed by atoms with van der Waals surface area (Å²) in [6, 6.07) is 0.333. The van der Waals surface area contributed by atoms with E-state index in [4.69, 9.17) is 21.7 Å². The molecule has 50 valence electrons. The molecule has 0 aromatic carbocycles. The number of rotatable bonds is 0. The van der Waals surface area contributed by atoms with Crippen LogP contribution in [0.1, 0.15) is 13.8 Å². The molecule has 5 nitrogen and oxygen atoms in total. The van der Waals surface area contributed by atoms with Crippen molar-refractivity contribution in [3.8, 4) is 0 Å². The summed E-state index contributed by atoms with van der Waals surface area (Å²) in [5.41, 5.74) is 10.4. The van der Waals surface area contributed by atoms with Gasteiger partial charge >= 0.3 is 0 Å². The minimum atomic E-state index is -1.25. The zero-order valence-corrected chi connectivity index (χ0v) is 4.92. The number of nitrogens with one attached hydrogen (secondary N) is 1. The van der Waals surface area contributed by atoms with Gasteiger partial charge in [0.05, 0.1) is 0 Å². The molecule has 0 aromatic heterocycles. The number of nitrogens with zero attached hydrogens (tertiary/aromatic N) is 1. The van der Waals surface area contributed by atoms with Crippen LogP contribution in [-0.4, -0.2) is 11.1 Å². The standard InChI is InChI=1S/C3H9N.HN2O2/c1-3(2)4;1-2(3)4/h3H,4H2,1-2H3;(H-,1,3,4)/q;-1. The van der Waals surface area contributed by atoms with E-state index in [2.05, 4.69) is 0 Å². The minimum Gasteiger partial charge on any atom is -0.588 e. The topological polar surface area (TPSA) is 99.0 Å². The van der Waals surface area contributed by atoms with E-state index in [0.29, 0.717) is 6.04 Å². The molecule has 5 heteroatoms. The number of hydrogen-bond donors (Lipinski definition) is 2. The van der Waals surface area contributed by atoms with Crippen LogP contribution in [0.15, 0.2) is 0 Å². The van der Waals surface area contributed by atoms with Crippen molar-refractivity contribution in [1.82, 2.24) is 0 Å². The van der Waals surface area contributed by atoms with E-state index in [9.17, 15) is 0 Å². The molecule has 0 saturated carbocycles. The van der Waals surface area contributed by atoms with Gasteiger partial charge in [-0.05, 0) is 11.6 Å². The molecule has 0 atom stereocenters. The lowest BCUT2D eigenvalue weighted by atomic mass is 10.5. The van der Waals surface area contributed by atoms with Gasteiger partial charge in [0.15, 0.2) is 0 Å². The third kappa shape index (κ3) is 127. The smallest absolute Gasteiger partial charge is 0.00179 e. The van der Waals surface area contributed by atoms with E-state index >= 15 is 0 Å². The van der Waals surface area contributed by atoms with Crippen molar-refractivity contribution < 1.29 is 5.02 Å². The van der Waals surface area contributed by atoms with Gasteiger partial charge in [-0.2, -0.15) is 0 Å². The summed E-state index contributed by atoms with van der Waals surface area (Å²) in [7, 11) is 0. The molecular formula is C3H10N3O2-. The van der Waals surface area contributed by atoms with Crippen molar-refractivity contribution >= 4 is 0 Å². The average molecular weight is 120 g/mol. The molecule has 3 N–H and O–H groups in total. The van der Waals surface area contributed by atoms with Crippen LogP contribution in [0.25, 0.3) is 0 Å². The molecule has 0 fully saturated rings. The molecule has 0 amide bonds. The van der Waals surface area contributed by atoms with Crippen LogP contribution >= 0.6 is 0 Å². The molecule has 0 unspecified atom stereocenters. The zero-order chi connectivity index (χ0) is 7.15. The van der Waals surface area contributed by atoms with Crippen LogP contribution < -0.4 is 5.73 Å². The molecule has 0 rings (SSSR count). The quantitative estimate of drug-likeness (QED) is 0.357. The summed E-state index contributed by atoms with van der Waals surface area (Å²) < 4.78 is 0. The van der Waals surface area contributed by atoms with Crippen LogP contribution in [0.2, 0.25) is 0 Å². The first-order valence-corrected chi connectivity index (χ1v) is 2.08. The Balaban J connectivity index is 0. The lowest BCUT2D eigenvalue weighted by Crippen LogP contribution is -2.06. The number of nitrogens with two attached hydrogens (primary N) is 1. The van der Waals surface area contributed by atoms with E-state index < -0.39 is 5.02 Å². The Kier molecular flexibility index (Phi) is 7.86. The van der Waals surface area contributed by atoms with Crippen molar-refractivity contribution in [3.05, 3.63) is 10.4 Å². The second kappa shape index (κ2) is 6.16. The van der Waals surface area contributed by atoms with Crippen LogP contribution in [0.4, 0.5) is 0 Å².